The predicted molar refractivity (Wildman–Crippen MR) is 84.2 cm³/mol. The summed E-state index contributed by atoms with van der Waals surface area (Å²) in [5, 5.41) is 48.4. The molecular formula is C15H11O9S+. The summed E-state index contributed by atoms with van der Waals surface area (Å²) in [6.07, 6.45) is 0. The zero-order valence-corrected chi connectivity index (χ0v) is 13.0. The van der Waals surface area contributed by atoms with E-state index in [2.05, 4.69) is 0 Å². The highest BCUT2D eigenvalue weighted by Crippen LogP contribution is 2.43. The molecule has 9 nitrogen and oxygen atoms in total. The molecule has 1 heterocycles. The van der Waals surface area contributed by atoms with Crippen LogP contribution in [0.15, 0.2) is 39.6 Å². The van der Waals surface area contributed by atoms with Gasteiger partial charge in [-0.05, 0) is 12.1 Å². The van der Waals surface area contributed by atoms with E-state index >= 15 is 0 Å². The Labute approximate surface area is 140 Å². The standard InChI is InChI=1S/C15H10O9S/c16-8-2-1-6(3-9(8)17)14-10(18)4-7-12(24-14)5-11(19)15(13(7)20)25(21,22)23/h1-5H,(H5-,16,17,18,19,20,21,22,23)/p+1. The highest BCUT2D eigenvalue weighted by Gasteiger charge is 2.30. The van der Waals surface area contributed by atoms with Gasteiger partial charge in [-0.1, -0.05) is 0 Å². The smallest absolute Gasteiger partial charge is 0.402 e. The Balaban J connectivity index is 2.32. The number of rotatable bonds is 2. The second-order valence-electron chi connectivity index (χ2n) is 5.12. The lowest BCUT2D eigenvalue weighted by Crippen LogP contribution is -1.99. The van der Waals surface area contributed by atoms with Crippen molar-refractivity contribution in [1.82, 2.24) is 0 Å². The average molecular weight is 367 g/mol. The third-order valence-electron chi connectivity index (χ3n) is 3.46. The first-order chi connectivity index (χ1) is 11.6. The monoisotopic (exact) mass is 367 g/mol. The van der Waals surface area contributed by atoms with Gasteiger partial charge in [0.2, 0.25) is 5.75 Å². The largest absolute Gasteiger partial charge is 0.506 e. The van der Waals surface area contributed by atoms with Gasteiger partial charge in [0.05, 0.1) is 11.6 Å². The van der Waals surface area contributed by atoms with Crippen LogP contribution in [0.2, 0.25) is 0 Å². The number of hydrogen-bond acceptors (Lipinski definition) is 7. The highest BCUT2D eigenvalue weighted by atomic mass is 32.2. The third kappa shape index (κ3) is 2.73. The first-order valence-electron chi connectivity index (χ1n) is 6.64. The minimum Gasteiger partial charge on any atom is -0.506 e. The normalized spacial score (nSPS) is 11.7. The molecule has 3 rings (SSSR count). The van der Waals surface area contributed by atoms with Crippen molar-refractivity contribution in [3.05, 3.63) is 30.3 Å². The van der Waals surface area contributed by atoms with E-state index < -0.39 is 43.8 Å². The van der Waals surface area contributed by atoms with Crippen LogP contribution in [0, 0.1) is 0 Å². The van der Waals surface area contributed by atoms with Crippen LogP contribution in [0.5, 0.6) is 28.7 Å². The van der Waals surface area contributed by atoms with E-state index in [0.717, 1.165) is 24.3 Å². The molecule has 0 spiro atoms. The van der Waals surface area contributed by atoms with Crippen LogP contribution in [-0.2, 0) is 10.1 Å². The maximum Gasteiger partial charge on any atom is 0.402 e. The van der Waals surface area contributed by atoms with Gasteiger partial charge in [-0.3, -0.25) is 4.55 Å². The van der Waals surface area contributed by atoms with Crippen LogP contribution in [0.1, 0.15) is 0 Å². The lowest BCUT2D eigenvalue weighted by Gasteiger charge is -2.05. The number of fused-ring (bicyclic) bond motifs is 1. The molecule has 0 radical (unpaired) electrons. The van der Waals surface area contributed by atoms with Crippen LogP contribution in [0.3, 0.4) is 0 Å². The van der Waals surface area contributed by atoms with Gasteiger partial charge < -0.3 is 25.5 Å². The van der Waals surface area contributed by atoms with Gasteiger partial charge >= 0.3 is 21.5 Å². The molecule has 0 bridgehead atoms. The second-order valence-corrected chi connectivity index (χ2v) is 6.48. The Morgan fingerprint density at radius 2 is 1.48 bits per heavy atom. The first-order valence-corrected chi connectivity index (χ1v) is 8.08. The van der Waals surface area contributed by atoms with Crippen molar-refractivity contribution in [2.75, 3.05) is 0 Å². The fourth-order valence-corrected chi connectivity index (χ4v) is 3.02. The molecule has 0 aliphatic heterocycles. The van der Waals surface area contributed by atoms with Crippen LogP contribution in [0.25, 0.3) is 22.3 Å². The zero-order valence-electron chi connectivity index (χ0n) is 12.2. The first kappa shape index (κ1) is 16.6. The number of phenols is 4. The van der Waals surface area contributed by atoms with Gasteiger partial charge in [0, 0.05) is 12.1 Å². The summed E-state index contributed by atoms with van der Waals surface area (Å²) in [5.41, 5.74) is -0.0460. The molecule has 0 fully saturated rings. The molecule has 0 amide bonds. The number of benzene rings is 2. The van der Waals surface area contributed by atoms with E-state index in [1.54, 1.807) is 0 Å². The van der Waals surface area contributed by atoms with Gasteiger partial charge in [-0.2, -0.15) is 8.42 Å². The highest BCUT2D eigenvalue weighted by molar-refractivity contribution is 7.86. The fraction of sp³-hybridized carbons (Fsp3) is 0. The average Bonchev–Trinajstić information content (AvgIpc) is 2.49. The minimum atomic E-state index is -4.93. The molecule has 10 heteroatoms. The Hall–Kier alpha value is -3.24. The van der Waals surface area contributed by atoms with E-state index in [9.17, 15) is 34.0 Å². The number of hydrogen-bond donors (Lipinski definition) is 6. The van der Waals surface area contributed by atoms with Crippen molar-refractivity contribution in [2.45, 2.75) is 4.90 Å². The van der Waals surface area contributed by atoms with Crippen LogP contribution < -0.4 is 0 Å². The molecule has 0 saturated heterocycles. The van der Waals surface area contributed by atoms with Crippen molar-refractivity contribution in [2.24, 2.45) is 0 Å². The second kappa shape index (κ2) is 5.40. The van der Waals surface area contributed by atoms with E-state index in [0.29, 0.717) is 0 Å². The van der Waals surface area contributed by atoms with Crippen molar-refractivity contribution in [3.8, 4) is 40.1 Å². The molecule has 0 saturated carbocycles. The summed E-state index contributed by atoms with van der Waals surface area (Å²) in [6, 6.07) is 5.38. The van der Waals surface area contributed by atoms with Crippen molar-refractivity contribution in [3.63, 3.8) is 0 Å². The zero-order chi connectivity index (χ0) is 18.5. The topological polar surface area (TPSA) is 167 Å². The quantitative estimate of drug-likeness (QED) is 0.226. The number of phenolic OH excluding ortho intramolecular Hbond substituents is 4. The molecule has 2 aromatic carbocycles. The summed E-state index contributed by atoms with van der Waals surface area (Å²) in [4.78, 5) is -1.12. The molecule has 25 heavy (non-hydrogen) atoms. The van der Waals surface area contributed by atoms with Crippen LogP contribution in [-0.4, -0.2) is 38.5 Å². The van der Waals surface area contributed by atoms with E-state index in [-0.39, 0.29) is 22.3 Å². The van der Waals surface area contributed by atoms with Crippen LogP contribution in [0.4, 0.5) is 0 Å². The summed E-state index contributed by atoms with van der Waals surface area (Å²) >= 11 is 0. The van der Waals surface area contributed by atoms with Crippen LogP contribution >= 0.6 is 0 Å². The third-order valence-corrected chi connectivity index (χ3v) is 4.38. The number of aromatic hydroxyl groups is 5. The molecule has 130 valence electrons. The van der Waals surface area contributed by atoms with E-state index in [4.69, 9.17) is 8.97 Å². The molecule has 3 aromatic rings. The van der Waals surface area contributed by atoms with Crippen molar-refractivity contribution in [1.29, 1.82) is 0 Å². The Kier molecular flexibility index (Phi) is 3.59. The fourth-order valence-electron chi connectivity index (χ4n) is 2.34. The van der Waals surface area contributed by atoms with Gasteiger partial charge in [0.15, 0.2) is 22.1 Å². The lowest BCUT2D eigenvalue weighted by atomic mass is 10.1. The summed E-state index contributed by atoms with van der Waals surface area (Å²) in [7, 11) is -4.93. The van der Waals surface area contributed by atoms with E-state index in [1.807, 2.05) is 0 Å². The SMILES string of the molecule is O=S(=O)(O)c1c(O)cc2[o+]c(-c3ccc(O)c(O)c3)c(O)cc2c1O. The molecule has 0 atom stereocenters. The molecule has 0 aliphatic rings. The molecule has 0 unspecified atom stereocenters. The Morgan fingerprint density at radius 3 is 2.08 bits per heavy atom. The van der Waals surface area contributed by atoms with Gasteiger partial charge in [-0.15, -0.1) is 0 Å². The maximum atomic E-state index is 11.3. The molecular weight excluding hydrogens is 356 g/mol. The summed E-state index contributed by atoms with van der Waals surface area (Å²) in [5.74, 6) is -3.53. The lowest BCUT2D eigenvalue weighted by molar-refractivity contribution is 0.403. The predicted octanol–water partition coefficient (Wildman–Crippen LogP) is 2.16. The van der Waals surface area contributed by atoms with E-state index in [1.165, 1.54) is 6.07 Å². The van der Waals surface area contributed by atoms with Gasteiger partial charge in [0.1, 0.15) is 11.1 Å². The Morgan fingerprint density at radius 1 is 0.800 bits per heavy atom. The summed E-state index contributed by atoms with van der Waals surface area (Å²) < 4.78 is 36.9. The molecule has 6 N–H and O–H groups in total. The van der Waals surface area contributed by atoms with Gasteiger partial charge in [-0.25, -0.2) is 4.42 Å². The van der Waals surface area contributed by atoms with Crippen molar-refractivity contribution < 1.29 is 42.9 Å². The summed E-state index contributed by atoms with van der Waals surface area (Å²) in [6.45, 7) is 0. The minimum absolute atomic E-state index is 0.160. The van der Waals surface area contributed by atoms with Gasteiger partial charge in [0.25, 0.3) is 0 Å². The molecule has 1 aromatic heterocycles. The Bertz CT molecular complexity index is 1120. The van der Waals surface area contributed by atoms with Crippen molar-refractivity contribution >= 4 is 21.1 Å². The maximum absolute atomic E-state index is 11.3. The molecule has 0 aliphatic carbocycles.